The molecule has 2 aliphatic rings. The predicted octanol–water partition coefficient (Wildman–Crippen LogP) is 9.63. The second-order valence-electron chi connectivity index (χ2n) is 8.66. The Kier molecular flexibility index (Phi) is 7.35. The fourth-order valence-corrected chi connectivity index (χ4v) is 6.24. The van der Waals surface area contributed by atoms with Crippen molar-refractivity contribution >= 4 is 52.2 Å². The van der Waals surface area contributed by atoms with Crippen LogP contribution in [0.25, 0.3) is 0 Å². The molecule has 0 aromatic heterocycles. The number of benzene rings is 2. The van der Waals surface area contributed by atoms with Gasteiger partial charge in [0.15, 0.2) is 5.78 Å². The fraction of sp³-hybridized carbons (Fsp3) is 0.480. The second-order valence-corrected chi connectivity index (χ2v) is 10.2. The number of ketones is 1. The van der Waals surface area contributed by atoms with E-state index in [1.165, 1.54) is 38.5 Å². The van der Waals surface area contributed by atoms with Gasteiger partial charge in [0.05, 0.1) is 20.1 Å². The van der Waals surface area contributed by atoms with E-state index < -0.39 is 0 Å². The third kappa shape index (κ3) is 4.42. The van der Waals surface area contributed by atoms with Crippen molar-refractivity contribution < 1.29 is 4.79 Å². The molecule has 2 aromatic carbocycles. The molecule has 0 atom stereocenters. The van der Waals surface area contributed by atoms with Gasteiger partial charge in [0.1, 0.15) is 0 Å². The van der Waals surface area contributed by atoms with Crippen molar-refractivity contribution in [2.45, 2.75) is 76.0 Å². The molecule has 1 nitrogen and oxygen atoms in total. The van der Waals surface area contributed by atoms with Crippen LogP contribution in [-0.4, -0.2) is 5.78 Å². The Labute approximate surface area is 199 Å². The smallest absolute Gasteiger partial charge is 0.196 e. The molecule has 0 unspecified atom stereocenters. The van der Waals surface area contributed by atoms with Crippen LogP contribution in [0.3, 0.4) is 0 Å². The first kappa shape index (κ1) is 22.5. The summed E-state index contributed by atoms with van der Waals surface area (Å²) in [5, 5.41) is 1.62. The lowest BCUT2D eigenvalue weighted by Gasteiger charge is -2.24. The van der Waals surface area contributed by atoms with Gasteiger partial charge in [-0.2, -0.15) is 0 Å². The second kappa shape index (κ2) is 9.82. The summed E-state index contributed by atoms with van der Waals surface area (Å²) in [4.78, 5) is 13.3. The van der Waals surface area contributed by atoms with Crippen molar-refractivity contribution in [3.63, 3.8) is 0 Å². The first-order valence-electron chi connectivity index (χ1n) is 11.0. The lowest BCUT2D eigenvalue weighted by atomic mass is 9.83. The van der Waals surface area contributed by atoms with Crippen LogP contribution in [0.5, 0.6) is 0 Å². The van der Waals surface area contributed by atoms with E-state index in [1.807, 2.05) is 12.1 Å². The number of rotatable bonds is 4. The van der Waals surface area contributed by atoms with Gasteiger partial charge in [-0.05, 0) is 60.8 Å². The van der Waals surface area contributed by atoms with Crippen LogP contribution in [0.2, 0.25) is 20.1 Å². The third-order valence-corrected chi connectivity index (χ3v) is 8.60. The third-order valence-electron chi connectivity index (χ3n) is 6.80. The molecule has 30 heavy (non-hydrogen) atoms. The maximum absolute atomic E-state index is 13.3. The van der Waals surface area contributed by atoms with E-state index in [4.69, 9.17) is 46.4 Å². The zero-order chi connectivity index (χ0) is 21.3. The van der Waals surface area contributed by atoms with Crippen LogP contribution in [-0.2, 0) is 0 Å². The minimum Gasteiger partial charge on any atom is -0.288 e. The molecule has 0 aliphatic heterocycles. The predicted molar refractivity (Wildman–Crippen MR) is 128 cm³/mol. The maximum atomic E-state index is 13.3. The summed E-state index contributed by atoms with van der Waals surface area (Å²) in [6.07, 6.45) is 11.9. The quantitative estimate of drug-likeness (QED) is 0.395. The summed E-state index contributed by atoms with van der Waals surface area (Å²) < 4.78 is 0. The summed E-state index contributed by atoms with van der Waals surface area (Å²) >= 11 is 26.4. The molecule has 2 aromatic rings. The first-order chi connectivity index (χ1) is 14.5. The van der Waals surface area contributed by atoms with Gasteiger partial charge in [-0.25, -0.2) is 0 Å². The summed E-state index contributed by atoms with van der Waals surface area (Å²) in [5.41, 5.74) is 2.86. The Morgan fingerprint density at radius 1 is 0.567 bits per heavy atom. The van der Waals surface area contributed by atoms with E-state index in [1.54, 1.807) is 12.1 Å². The zero-order valence-corrected chi connectivity index (χ0v) is 20.0. The monoisotopic (exact) mass is 482 g/mol. The van der Waals surface area contributed by atoms with E-state index >= 15 is 0 Å². The Morgan fingerprint density at radius 3 is 1.30 bits per heavy atom. The zero-order valence-electron chi connectivity index (χ0n) is 17.0. The van der Waals surface area contributed by atoms with Gasteiger partial charge in [0, 0.05) is 11.1 Å². The van der Waals surface area contributed by atoms with Gasteiger partial charge in [-0.3, -0.25) is 4.79 Å². The number of carbonyl (C=O) groups is 1. The Morgan fingerprint density at radius 2 is 0.933 bits per heavy atom. The molecule has 4 rings (SSSR count). The molecule has 0 amide bonds. The number of hydrogen-bond donors (Lipinski definition) is 0. The van der Waals surface area contributed by atoms with Crippen LogP contribution in [0.1, 0.15) is 103 Å². The van der Waals surface area contributed by atoms with E-state index in [-0.39, 0.29) is 5.78 Å². The minimum atomic E-state index is -0.237. The standard InChI is InChI=1S/C25H26Cl4O/c26-21-17(15-7-3-1-4-8-15)11-13-19(23(21)28)25(30)20-14-12-18(22(27)24(20)29)16-9-5-2-6-10-16/h11-16H,1-10H2. The highest BCUT2D eigenvalue weighted by molar-refractivity contribution is 6.47. The molecule has 0 spiro atoms. The molecule has 0 heterocycles. The van der Waals surface area contributed by atoms with Crippen molar-refractivity contribution in [2.75, 3.05) is 0 Å². The Hall–Kier alpha value is -0.730. The van der Waals surface area contributed by atoms with Crippen LogP contribution in [0.4, 0.5) is 0 Å². The van der Waals surface area contributed by atoms with Gasteiger partial charge < -0.3 is 0 Å². The van der Waals surface area contributed by atoms with E-state index in [0.717, 1.165) is 36.8 Å². The van der Waals surface area contributed by atoms with E-state index in [9.17, 15) is 4.79 Å². The molecule has 2 saturated carbocycles. The molecule has 0 N–H and O–H groups in total. The molecular formula is C25H26Cl4O. The summed E-state index contributed by atoms with van der Waals surface area (Å²) in [6, 6.07) is 7.51. The van der Waals surface area contributed by atoms with Crippen molar-refractivity contribution in [2.24, 2.45) is 0 Å². The molecule has 2 aliphatic carbocycles. The Bertz CT molecular complexity index is 865. The lowest BCUT2D eigenvalue weighted by molar-refractivity contribution is 0.103. The van der Waals surface area contributed by atoms with Crippen molar-refractivity contribution in [1.82, 2.24) is 0 Å². The van der Waals surface area contributed by atoms with Crippen LogP contribution in [0.15, 0.2) is 24.3 Å². The highest BCUT2D eigenvalue weighted by Gasteiger charge is 2.26. The molecule has 2 fully saturated rings. The highest BCUT2D eigenvalue weighted by atomic mass is 35.5. The molecule has 5 heteroatoms. The van der Waals surface area contributed by atoms with Gasteiger partial charge in [-0.1, -0.05) is 97.1 Å². The van der Waals surface area contributed by atoms with Crippen molar-refractivity contribution in [3.8, 4) is 0 Å². The van der Waals surface area contributed by atoms with Gasteiger partial charge in [-0.15, -0.1) is 0 Å². The summed E-state index contributed by atoms with van der Waals surface area (Å²) in [7, 11) is 0. The lowest BCUT2D eigenvalue weighted by Crippen LogP contribution is -2.10. The van der Waals surface area contributed by atoms with Crippen LogP contribution in [0, 0.1) is 0 Å². The van der Waals surface area contributed by atoms with E-state index in [0.29, 0.717) is 43.1 Å². The van der Waals surface area contributed by atoms with Crippen LogP contribution < -0.4 is 0 Å². The Balaban J connectivity index is 1.64. The van der Waals surface area contributed by atoms with Crippen molar-refractivity contribution in [1.29, 1.82) is 0 Å². The molecular weight excluding hydrogens is 458 g/mol. The first-order valence-corrected chi connectivity index (χ1v) is 12.5. The average molecular weight is 484 g/mol. The SMILES string of the molecule is O=C(c1ccc(C2CCCCC2)c(Cl)c1Cl)c1ccc(C2CCCCC2)c(Cl)c1Cl. The van der Waals surface area contributed by atoms with E-state index in [2.05, 4.69) is 0 Å². The van der Waals surface area contributed by atoms with Gasteiger partial charge in [0.2, 0.25) is 0 Å². The normalized spacial score (nSPS) is 18.5. The summed E-state index contributed by atoms with van der Waals surface area (Å²) in [6.45, 7) is 0. The van der Waals surface area contributed by atoms with Gasteiger partial charge >= 0.3 is 0 Å². The topological polar surface area (TPSA) is 17.1 Å². The molecule has 0 radical (unpaired) electrons. The van der Waals surface area contributed by atoms with Gasteiger partial charge in [0.25, 0.3) is 0 Å². The maximum Gasteiger partial charge on any atom is 0.196 e. The highest BCUT2D eigenvalue weighted by Crippen LogP contribution is 2.43. The van der Waals surface area contributed by atoms with Crippen LogP contribution >= 0.6 is 46.4 Å². The minimum absolute atomic E-state index is 0.237. The molecule has 0 bridgehead atoms. The number of halogens is 4. The summed E-state index contributed by atoms with van der Waals surface area (Å²) in [5.74, 6) is 0.598. The fourth-order valence-electron chi connectivity index (χ4n) is 5.08. The van der Waals surface area contributed by atoms with Crippen molar-refractivity contribution in [3.05, 3.63) is 66.6 Å². The molecule has 0 saturated heterocycles. The number of hydrogen-bond acceptors (Lipinski definition) is 1. The average Bonchev–Trinajstić information content (AvgIpc) is 2.78. The largest absolute Gasteiger partial charge is 0.288 e. The molecule has 160 valence electrons. The number of carbonyl (C=O) groups excluding carboxylic acids is 1.